The summed E-state index contributed by atoms with van der Waals surface area (Å²) in [4.78, 5) is 12.6. The van der Waals surface area contributed by atoms with Gasteiger partial charge >= 0.3 is 5.97 Å². The number of ether oxygens (including phenoxy) is 1. The van der Waals surface area contributed by atoms with Gasteiger partial charge in [0.15, 0.2) is 0 Å². The Morgan fingerprint density at radius 1 is 1.30 bits per heavy atom. The number of hydrogen-bond acceptors (Lipinski definition) is 5. The van der Waals surface area contributed by atoms with Crippen LogP contribution in [0.25, 0.3) is 0 Å². The van der Waals surface area contributed by atoms with E-state index in [4.69, 9.17) is 9.84 Å². The minimum absolute atomic E-state index is 0.0346. The van der Waals surface area contributed by atoms with Crippen molar-refractivity contribution in [3.8, 4) is 5.75 Å². The van der Waals surface area contributed by atoms with Crippen LogP contribution >= 0.6 is 15.9 Å². The monoisotopic (exact) mass is 458 g/mol. The zero-order valence-electron chi connectivity index (χ0n) is 14.2. The zero-order valence-corrected chi connectivity index (χ0v) is 16.6. The van der Waals surface area contributed by atoms with E-state index >= 15 is 0 Å². The molecule has 10 heteroatoms. The molecule has 0 fully saturated rings. The molecule has 0 atom stereocenters. The zero-order chi connectivity index (χ0) is 19.8. The third-order valence-electron chi connectivity index (χ3n) is 4.13. The summed E-state index contributed by atoms with van der Waals surface area (Å²) >= 11 is 3.24. The molecule has 0 unspecified atom stereocenters. The summed E-state index contributed by atoms with van der Waals surface area (Å²) in [6, 6.07) is 8.65. The van der Waals surface area contributed by atoms with Crippen LogP contribution < -0.4 is 9.64 Å². The summed E-state index contributed by atoms with van der Waals surface area (Å²) in [6.07, 6.45) is 0. The Balaban J connectivity index is 2.05. The van der Waals surface area contributed by atoms with E-state index in [0.717, 1.165) is 4.31 Å². The van der Waals surface area contributed by atoms with E-state index < -0.39 is 21.8 Å². The van der Waals surface area contributed by atoms with Gasteiger partial charge in [0.25, 0.3) is 0 Å². The van der Waals surface area contributed by atoms with E-state index in [1.807, 2.05) is 0 Å². The molecule has 2 aromatic rings. The summed E-state index contributed by atoms with van der Waals surface area (Å²) in [5.41, 5.74) is 0.426. The largest absolute Gasteiger partial charge is 0.497 e. The van der Waals surface area contributed by atoms with Crippen LogP contribution in [0, 0.1) is 5.82 Å². The number of carboxylic acids is 1. The first kappa shape index (κ1) is 19.6. The number of methoxy groups -OCH3 is 1. The van der Waals surface area contributed by atoms with Gasteiger partial charge in [0.1, 0.15) is 23.0 Å². The first-order valence-corrected chi connectivity index (χ1v) is 10.0. The van der Waals surface area contributed by atoms with Gasteiger partial charge < -0.3 is 14.7 Å². The van der Waals surface area contributed by atoms with Gasteiger partial charge in [0, 0.05) is 16.6 Å². The molecule has 1 aliphatic heterocycles. The predicted octanol–water partition coefficient (Wildman–Crippen LogP) is 2.65. The van der Waals surface area contributed by atoms with Gasteiger partial charge in [-0.2, -0.15) is 4.31 Å². The highest BCUT2D eigenvalue weighted by molar-refractivity contribution is 9.10. The standard InChI is InChI=1S/C17H16BrFN2O5S/c1-26-13-3-4-14(19)11(6-13)8-21-10-20(9-17(22)23)15-5-2-12(18)7-16(15)27(21,24)25/h2-7H,8-10H2,1H3,(H,22,23). The predicted molar refractivity (Wildman–Crippen MR) is 99.7 cm³/mol. The van der Waals surface area contributed by atoms with Gasteiger partial charge in [0.2, 0.25) is 10.0 Å². The van der Waals surface area contributed by atoms with E-state index in [1.54, 1.807) is 12.1 Å². The van der Waals surface area contributed by atoms with Crippen molar-refractivity contribution in [2.45, 2.75) is 11.4 Å². The molecular weight excluding hydrogens is 443 g/mol. The Morgan fingerprint density at radius 2 is 2.04 bits per heavy atom. The van der Waals surface area contributed by atoms with Gasteiger partial charge in [-0.1, -0.05) is 15.9 Å². The summed E-state index contributed by atoms with van der Waals surface area (Å²) in [7, 11) is -2.52. The van der Waals surface area contributed by atoms with E-state index in [9.17, 15) is 17.6 Å². The maximum Gasteiger partial charge on any atom is 0.323 e. The number of halogens is 2. The molecule has 144 valence electrons. The Bertz CT molecular complexity index is 999. The fourth-order valence-corrected chi connectivity index (χ4v) is 4.99. The smallest absolute Gasteiger partial charge is 0.323 e. The Morgan fingerprint density at radius 3 is 2.70 bits per heavy atom. The van der Waals surface area contributed by atoms with Crippen LogP contribution in [0.4, 0.5) is 10.1 Å². The van der Waals surface area contributed by atoms with Gasteiger partial charge in [-0.05, 0) is 36.4 Å². The van der Waals surface area contributed by atoms with Crippen molar-refractivity contribution in [1.29, 1.82) is 0 Å². The Kier molecular flexibility index (Phi) is 5.41. The van der Waals surface area contributed by atoms with Gasteiger partial charge in [-0.25, -0.2) is 12.8 Å². The number of benzene rings is 2. The lowest BCUT2D eigenvalue weighted by atomic mass is 10.2. The number of nitrogens with zero attached hydrogens (tertiary/aromatic N) is 2. The molecule has 0 amide bonds. The number of rotatable bonds is 5. The highest BCUT2D eigenvalue weighted by Gasteiger charge is 2.36. The van der Waals surface area contributed by atoms with Crippen molar-refractivity contribution in [2.24, 2.45) is 0 Å². The van der Waals surface area contributed by atoms with Crippen LogP contribution in [-0.2, 0) is 21.4 Å². The molecule has 0 bridgehead atoms. The molecule has 3 rings (SSSR count). The molecule has 1 heterocycles. The number of sulfonamides is 1. The number of carbonyl (C=O) groups is 1. The highest BCUT2D eigenvalue weighted by atomic mass is 79.9. The van der Waals surface area contributed by atoms with Gasteiger partial charge in [0.05, 0.1) is 19.5 Å². The maximum atomic E-state index is 14.2. The molecule has 0 radical (unpaired) electrons. The van der Waals surface area contributed by atoms with Crippen molar-refractivity contribution in [1.82, 2.24) is 4.31 Å². The molecule has 0 aromatic heterocycles. The summed E-state index contributed by atoms with van der Waals surface area (Å²) < 4.78 is 46.9. The van der Waals surface area contributed by atoms with Crippen LogP contribution in [0.5, 0.6) is 5.75 Å². The molecule has 2 aromatic carbocycles. The first-order valence-electron chi connectivity index (χ1n) is 7.81. The lowest BCUT2D eigenvalue weighted by Gasteiger charge is -2.37. The number of hydrogen-bond donors (Lipinski definition) is 1. The second-order valence-electron chi connectivity index (χ2n) is 5.92. The normalized spacial score (nSPS) is 16.0. The average Bonchev–Trinajstić information content (AvgIpc) is 2.60. The van der Waals surface area contributed by atoms with Crippen molar-refractivity contribution < 1.29 is 27.4 Å². The van der Waals surface area contributed by atoms with Crippen LogP contribution in [0.2, 0.25) is 0 Å². The summed E-state index contributed by atoms with van der Waals surface area (Å²) in [5, 5.41) is 9.17. The second kappa shape index (κ2) is 7.45. The highest BCUT2D eigenvalue weighted by Crippen LogP contribution is 2.36. The SMILES string of the molecule is COc1ccc(F)c(CN2CN(CC(=O)O)c3ccc(Br)cc3S2(=O)=O)c1. The molecule has 0 saturated heterocycles. The fourth-order valence-electron chi connectivity index (χ4n) is 2.86. The van der Waals surface area contributed by atoms with Crippen LogP contribution in [0.3, 0.4) is 0 Å². The van der Waals surface area contributed by atoms with Crippen molar-refractivity contribution in [3.63, 3.8) is 0 Å². The molecule has 27 heavy (non-hydrogen) atoms. The summed E-state index contributed by atoms with van der Waals surface area (Å²) in [5.74, 6) is -1.28. The molecule has 1 N–H and O–H groups in total. The van der Waals surface area contributed by atoms with Crippen molar-refractivity contribution in [2.75, 3.05) is 25.2 Å². The third-order valence-corrected chi connectivity index (χ3v) is 6.43. The minimum Gasteiger partial charge on any atom is -0.497 e. The Labute approximate surface area is 164 Å². The number of aliphatic carboxylic acids is 1. The van der Waals surface area contributed by atoms with Crippen LogP contribution in [-0.4, -0.2) is 44.1 Å². The molecule has 7 nitrogen and oxygen atoms in total. The topological polar surface area (TPSA) is 87.2 Å². The van der Waals surface area contributed by atoms with Crippen molar-refractivity contribution in [3.05, 3.63) is 52.3 Å². The first-order chi connectivity index (χ1) is 12.7. The number of anilines is 1. The van der Waals surface area contributed by atoms with Gasteiger partial charge in [-0.15, -0.1) is 0 Å². The lowest BCUT2D eigenvalue weighted by molar-refractivity contribution is -0.135. The van der Waals surface area contributed by atoms with Crippen molar-refractivity contribution >= 4 is 37.6 Å². The third kappa shape index (κ3) is 3.92. The minimum atomic E-state index is -3.95. The van der Waals surface area contributed by atoms with Gasteiger partial charge in [-0.3, -0.25) is 4.79 Å². The number of fused-ring (bicyclic) bond motifs is 1. The molecule has 0 saturated carbocycles. The lowest BCUT2D eigenvalue weighted by Crippen LogP contribution is -2.47. The van der Waals surface area contributed by atoms with E-state index in [2.05, 4.69) is 15.9 Å². The quantitative estimate of drug-likeness (QED) is 0.740. The second-order valence-corrected chi connectivity index (χ2v) is 8.74. The Hall–Kier alpha value is -2.17. The maximum absolute atomic E-state index is 14.2. The fraction of sp³-hybridized carbons (Fsp3) is 0.235. The molecular formula is C17H16BrFN2O5S. The molecule has 0 aliphatic carbocycles. The molecule has 1 aliphatic rings. The van der Waals surface area contributed by atoms with E-state index in [-0.39, 0.29) is 30.2 Å². The van der Waals surface area contributed by atoms with Crippen LogP contribution in [0.1, 0.15) is 5.56 Å². The van der Waals surface area contributed by atoms with E-state index in [0.29, 0.717) is 15.9 Å². The summed E-state index contributed by atoms with van der Waals surface area (Å²) in [6.45, 7) is -0.853. The number of carboxylic acid groups (broad SMARTS) is 1. The molecule has 0 spiro atoms. The van der Waals surface area contributed by atoms with E-state index in [1.165, 1.54) is 36.3 Å². The van der Waals surface area contributed by atoms with Crippen LogP contribution in [0.15, 0.2) is 45.8 Å². The average molecular weight is 459 g/mol.